The Hall–Kier alpha value is -2.16. The zero-order valence-corrected chi connectivity index (χ0v) is 9.60. The van der Waals surface area contributed by atoms with E-state index in [9.17, 15) is 0 Å². The number of rotatable bonds is 1. The van der Waals surface area contributed by atoms with Crippen LogP contribution in [0.2, 0.25) is 0 Å². The summed E-state index contributed by atoms with van der Waals surface area (Å²) in [6.45, 7) is 2.00. The van der Waals surface area contributed by atoms with Gasteiger partial charge in [-0.3, -0.25) is 0 Å². The number of nitrogens with two attached hydrogens (primary N) is 1. The number of benzene rings is 2. The number of fused-ring (bicyclic) bond motifs is 1. The number of hydrogen-bond donors (Lipinski definition) is 2. The molecular formula is C14H14N2O. The normalized spacial score (nSPS) is 17.1. The maximum absolute atomic E-state index is 5.91. The maximum atomic E-state index is 5.91. The van der Waals surface area contributed by atoms with Gasteiger partial charge in [0, 0.05) is 11.3 Å². The molecule has 0 fully saturated rings. The maximum Gasteiger partial charge on any atom is 0.196 e. The average molecular weight is 226 g/mol. The predicted molar refractivity (Wildman–Crippen MR) is 69.0 cm³/mol. The molecule has 1 unspecified atom stereocenters. The highest BCUT2D eigenvalue weighted by Crippen LogP contribution is 2.37. The van der Waals surface area contributed by atoms with Crippen molar-refractivity contribution in [3.63, 3.8) is 0 Å². The first kappa shape index (κ1) is 10.0. The van der Waals surface area contributed by atoms with E-state index in [0.29, 0.717) is 0 Å². The molecule has 0 saturated heterocycles. The van der Waals surface area contributed by atoms with Gasteiger partial charge in [-0.25, -0.2) is 0 Å². The molecule has 0 saturated carbocycles. The van der Waals surface area contributed by atoms with Crippen LogP contribution in [0.1, 0.15) is 17.4 Å². The molecule has 2 aromatic rings. The van der Waals surface area contributed by atoms with Crippen LogP contribution in [0.3, 0.4) is 0 Å². The Morgan fingerprint density at radius 3 is 2.76 bits per heavy atom. The fourth-order valence-electron chi connectivity index (χ4n) is 1.96. The molecule has 17 heavy (non-hydrogen) atoms. The van der Waals surface area contributed by atoms with Crippen LogP contribution in [0.25, 0.3) is 0 Å². The molecule has 86 valence electrons. The molecule has 0 spiro atoms. The molecule has 0 radical (unpaired) electrons. The highest BCUT2D eigenvalue weighted by atomic mass is 16.5. The van der Waals surface area contributed by atoms with Crippen LogP contribution in [-0.2, 0) is 0 Å². The van der Waals surface area contributed by atoms with Gasteiger partial charge >= 0.3 is 0 Å². The second-order valence-electron chi connectivity index (χ2n) is 4.25. The first-order valence-corrected chi connectivity index (χ1v) is 5.62. The van der Waals surface area contributed by atoms with Gasteiger partial charge in [-0.1, -0.05) is 24.3 Å². The highest BCUT2D eigenvalue weighted by Gasteiger charge is 2.22. The van der Waals surface area contributed by atoms with Crippen molar-refractivity contribution in [1.29, 1.82) is 0 Å². The van der Waals surface area contributed by atoms with Crippen LogP contribution < -0.4 is 15.8 Å². The minimum absolute atomic E-state index is 0.143. The molecule has 0 aliphatic carbocycles. The largest absolute Gasteiger partial charge is 0.464 e. The van der Waals surface area contributed by atoms with Gasteiger partial charge in [-0.15, -0.1) is 0 Å². The van der Waals surface area contributed by atoms with E-state index in [-0.39, 0.29) is 6.23 Å². The lowest BCUT2D eigenvalue weighted by Crippen LogP contribution is -2.10. The number of nitrogens with one attached hydrogen (secondary N) is 1. The third kappa shape index (κ3) is 1.69. The molecule has 3 rings (SSSR count). The summed E-state index contributed by atoms with van der Waals surface area (Å²) in [5.74, 6) is 0.886. The zero-order chi connectivity index (χ0) is 11.8. The molecule has 2 aromatic carbocycles. The van der Waals surface area contributed by atoms with Crippen molar-refractivity contribution in [3.8, 4) is 5.75 Å². The van der Waals surface area contributed by atoms with Crippen molar-refractivity contribution in [1.82, 2.24) is 0 Å². The molecule has 1 atom stereocenters. The zero-order valence-electron chi connectivity index (χ0n) is 9.60. The molecule has 1 heterocycles. The van der Waals surface area contributed by atoms with E-state index in [0.717, 1.165) is 28.3 Å². The molecule has 3 nitrogen and oxygen atoms in total. The van der Waals surface area contributed by atoms with Gasteiger partial charge in [0.15, 0.2) is 6.23 Å². The number of anilines is 2. The van der Waals surface area contributed by atoms with Crippen molar-refractivity contribution in [2.45, 2.75) is 13.2 Å². The smallest absolute Gasteiger partial charge is 0.196 e. The fourth-order valence-corrected chi connectivity index (χ4v) is 1.96. The third-order valence-electron chi connectivity index (χ3n) is 3.02. The van der Waals surface area contributed by atoms with Crippen molar-refractivity contribution in [2.75, 3.05) is 11.1 Å². The van der Waals surface area contributed by atoms with Gasteiger partial charge in [0.1, 0.15) is 5.75 Å². The third-order valence-corrected chi connectivity index (χ3v) is 3.02. The van der Waals surface area contributed by atoms with E-state index in [1.807, 2.05) is 49.4 Å². The Labute approximate surface area is 100 Å². The van der Waals surface area contributed by atoms with Crippen molar-refractivity contribution >= 4 is 11.4 Å². The van der Waals surface area contributed by atoms with Gasteiger partial charge in [0.2, 0.25) is 0 Å². The standard InChI is InChI=1S/C14H14N2O/c1-9-6-7-10(8-11(9)15)14-16-12-4-2-3-5-13(12)17-14/h2-8,14,16H,15H2,1H3. The summed E-state index contributed by atoms with van der Waals surface area (Å²) >= 11 is 0. The predicted octanol–water partition coefficient (Wildman–Crippen LogP) is 3.08. The average Bonchev–Trinajstić information content (AvgIpc) is 2.76. The van der Waals surface area contributed by atoms with Crippen LogP contribution in [0.5, 0.6) is 5.75 Å². The lowest BCUT2D eigenvalue weighted by molar-refractivity contribution is 0.260. The highest BCUT2D eigenvalue weighted by molar-refractivity contribution is 5.61. The first-order valence-electron chi connectivity index (χ1n) is 5.62. The summed E-state index contributed by atoms with van der Waals surface area (Å²) in [5, 5.41) is 3.32. The van der Waals surface area contributed by atoms with E-state index < -0.39 is 0 Å². The number of ether oxygens (including phenoxy) is 1. The lowest BCUT2D eigenvalue weighted by atomic mass is 10.1. The number of nitrogen functional groups attached to an aromatic ring is 1. The van der Waals surface area contributed by atoms with Gasteiger partial charge in [-0.05, 0) is 30.7 Å². The summed E-state index contributed by atoms with van der Waals surface area (Å²) < 4.78 is 5.82. The summed E-state index contributed by atoms with van der Waals surface area (Å²) in [7, 11) is 0. The van der Waals surface area contributed by atoms with Gasteiger partial charge < -0.3 is 15.8 Å². The molecule has 0 bridgehead atoms. The van der Waals surface area contributed by atoms with Crippen molar-refractivity contribution in [2.24, 2.45) is 0 Å². The monoisotopic (exact) mass is 226 g/mol. The Balaban J connectivity index is 1.91. The summed E-state index contributed by atoms with van der Waals surface area (Å²) in [4.78, 5) is 0. The molecule has 0 amide bonds. The molecule has 1 aliphatic rings. The van der Waals surface area contributed by atoms with Gasteiger partial charge in [0.25, 0.3) is 0 Å². The quantitative estimate of drug-likeness (QED) is 0.734. The van der Waals surface area contributed by atoms with Crippen LogP contribution >= 0.6 is 0 Å². The Kier molecular flexibility index (Phi) is 2.18. The minimum atomic E-state index is -0.143. The van der Waals surface area contributed by atoms with Crippen molar-refractivity contribution in [3.05, 3.63) is 53.6 Å². The second-order valence-corrected chi connectivity index (χ2v) is 4.25. The SMILES string of the molecule is Cc1ccc(C2Nc3ccccc3O2)cc1N. The number of aryl methyl sites for hydroxylation is 1. The second kappa shape index (κ2) is 3.70. The molecule has 0 aromatic heterocycles. The molecular weight excluding hydrogens is 212 g/mol. The Morgan fingerprint density at radius 2 is 2.00 bits per heavy atom. The van der Waals surface area contributed by atoms with Crippen LogP contribution in [0.4, 0.5) is 11.4 Å². The van der Waals surface area contributed by atoms with Gasteiger partial charge in [-0.2, -0.15) is 0 Å². The molecule has 3 N–H and O–H groups in total. The lowest BCUT2D eigenvalue weighted by Gasteiger charge is -2.13. The van der Waals surface area contributed by atoms with Crippen LogP contribution in [-0.4, -0.2) is 0 Å². The first-order chi connectivity index (χ1) is 8.24. The van der Waals surface area contributed by atoms with Crippen LogP contribution in [0, 0.1) is 6.92 Å². The Bertz CT molecular complexity index is 541. The molecule has 3 heteroatoms. The van der Waals surface area contributed by atoms with E-state index in [1.54, 1.807) is 0 Å². The summed E-state index contributed by atoms with van der Waals surface area (Å²) in [6, 6.07) is 13.9. The summed E-state index contributed by atoms with van der Waals surface area (Å²) in [6.07, 6.45) is -0.143. The van der Waals surface area contributed by atoms with E-state index in [1.165, 1.54) is 0 Å². The number of hydrogen-bond acceptors (Lipinski definition) is 3. The van der Waals surface area contributed by atoms with Crippen molar-refractivity contribution < 1.29 is 4.74 Å². The topological polar surface area (TPSA) is 47.3 Å². The minimum Gasteiger partial charge on any atom is -0.464 e. The molecule has 1 aliphatic heterocycles. The summed E-state index contributed by atoms with van der Waals surface area (Å²) in [5.41, 5.74) is 9.86. The van der Waals surface area contributed by atoms with Crippen LogP contribution in [0.15, 0.2) is 42.5 Å². The number of para-hydroxylation sites is 2. The van der Waals surface area contributed by atoms with E-state index >= 15 is 0 Å². The fraction of sp³-hybridized carbons (Fsp3) is 0.143. The Morgan fingerprint density at radius 1 is 1.18 bits per heavy atom. The van der Waals surface area contributed by atoms with Gasteiger partial charge in [0.05, 0.1) is 5.69 Å². The van der Waals surface area contributed by atoms with E-state index in [4.69, 9.17) is 10.5 Å². The van der Waals surface area contributed by atoms with E-state index in [2.05, 4.69) is 5.32 Å².